The second kappa shape index (κ2) is 5.87. The van der Waals surface area contributed by atoms with Gasteiger partial charge in [-0.3, -0.25) is 9.69 Å². The molecule has 2 fully saturated rings. The van der Waals surface area contributed by atoms with E-state index < -0.39 is 5.97 Å². The van der Waals surface area contributed by atoms with E-state index in [2.05, 4.69) is 14.9 Å². The molecule has 5 nitrogen and oxygen atoms in total. The zero-order chi connectivity index (χ0) is 13.9. The lowest BCUT2D eigenvalue weighted by molar-refractivity contribution is -0.148. The van der Waals surface area contributed by atoms with Crippen LogP contribution in [0.1, 0.15) is 44.2 Å². The van der Waals surface area contributed by atoms with Crippen molar-refractivity contribution >= 4 is 5.97 Å². The van der Waals surface area contributed by atoms with Crippen molar-refractivity contribution in [1.82, 2.24) is 14.9 Å². The molecule has 5 heteroatoms. The van der Waals surface area contributed by atoms with Crippen molar-refractivity contribution in [1.29, 1.82) is 0 Å². The molecule has 0 bridgehead atoms. The summed E-state index contributed by atoms with van der Waals surface area (Å²) in [6.45, 7) is 0.626. The number of likely N-dealkylation sites (tertiary alicyclic amines) is 1. The number of carboxylic acids is 1. The molecular formula is C15H21N3O2. The van der Waals surface area contributed by atoms with Crippen LogP contribution < -0.4 is 0 Å². The molecule has 3 rings (SSSR count). The van der Waals surface area contributed by atoms with Crippen LogP contribution >= 0.6 is 0 Å². The van der Waals surface area contributed by atoms with Gasteiger partial charge in [0, 0.05) is 18.8 Å². The van der Waals surface area contributed by atoms with E-state index >= 15 is 0 Å². The Kier molecular flexibility index (Phi) is 3.96. The summed E-state index contributed by atoms with van der Waals surface area (Å²) in [4.78, 5) is 21.9. The van der Waals surface area contributed by atoms with Crippen molar-refractivity contribution in [3.63, 3.8) is 0 Å². The normalized spacial score (nSPS) is 30.7. The van der Waals surface area contributed by atoms with Crippen molar-refractivity contribution in [2.45, 2.75) is 57.2 Å². The molecule has 1 saturated carbocycles. The Labute approximate surface area is 119 Å². The molecule has 3 atom stereocenters. The van der Waals surface area contributed by atoms with E-state index in [9.17, 15) is 9.90 Å². The molecule has 0 amide bonds. The maximum atomic E-state index is 11.6. The molecule has 1 aliphatic heterocycles. The molecule has 1 aromatic rings. The van der Waals surface area contributed by atoms with E-state index in [-0.39, 0.29) is 6.04 Å². The number of carbonyl (C=O) groups is 1. The van der Waals surface area contributed by atoms with Gasteiger partial charge in [-0.15, -0.1) is 0 Å². The minimum absolute atomic E-state index is 0.357. The molecule has 1 aliphatic carbocycles. The van der Waals surface area contributed by atoms with Crippen molar-refractivity contribution in [3.05, 3.63) is 24.3 Å². The summed E-state index contributed by atoms with van der Waals surface area (Å²) < 4.78 is 0. The van der Waals surface area contributed by atoms with Crippen molar-refractivity contribution < 1.29 is 9.90 Å². The smallest absolute Gasteiger partial charge is 0.320 e. The van der Waals surface area contributed by atoms with Crippen LogP contribution in [0.5, 0.6) is 0 Å². The van der Waals surface area contributed by atoms with E-state index in [1.165, 1.54) is 25.6 Å². The second-order valence-electron chi connectivity index (χ2n) is 5.92. The van der Waals surface area contributed by atoms with E-state index in [0.29, 0.717) is 18.5 Å². The lowest BCUT2D eigenvalue weighted by Crippen LogP contribution is -2.54. The molecule has 0 aromatic carbocycles. The average Bonchev–Trinajstić information content (AvgIpc) is 2.48. The first-order chi connectivity index (χ1) is 9.75. The summed E-state index contributed by atoms with van der Waals surface area (Å²) in [5, 5.41) is 9.50. The third-order valence-electron chi connectivity index (χ3n) is 4.78. The Morgan fingerprint density at radius 2 is 2.15 bits per heavy atom. The fraction of sp³-hybridized carbons (Fsp3) is 0.667. The number of nitrogens with zero attached hydrogens (tertiary/aromatic N) is 3. The standard InChI is InChI=1S/C15H21N3O2/c19-15(20)14-6-5-11-3-1-2-4-13(11)18(14)9-12-7-8-16-10-17-12/h7-8,10-11,13-14H,1-6,9H2,(H,19,20). The highest BCUT2D eigenvalue weighted by Crippen LogP contribution is 2.38. The zero-order valence-electron chi connectivity index (χ0n) is 11.6. The molecule has 1 N–H and O–H groups in total. The van der Waals surface area contributed by atoms with Gasteiger partial charge in [-0.05, 0) is 37.7 Å². The highest BCUT2D eigenvalue weighted by molar-refractivity contribution is 5.73. The molecule has 108 valence electrons. The van der Waals surface area contributed by atoms with Gasteiger partial charge in [0.2, 0.25) is 0 Å². The van der Waals surface area contributed by atoms with Crippen LogP contribution in [0.3, 0.4) is 0 Å². The number of carboxylic acid groups (broad SMARTS) is 1. The zero-order valence-corrected chi connectivity index (χ0v) is 11.6. The lowest BCUT2D eigenvalue weighted by atomic mass is 9.76. The topological polar surface area (TPSA) is 66.3 Å². The van der Waals surface area contributed by atoms with Gasteiger partial charge in [0.15, 0.2) is 0 Å². The van der Waals surface area contributed by atoms with Crippen molar-refractivity contribution in [2.24, 2.45) is 5.92 Å². The minimum atomic E-state index is -0.692. The number of hydrogen-bond donors (Lipinski definition) is 1. The molecule has 2 aliphatic rings. The van der Waals surface area contributed by atoms with Gasteiger partial charge in [0.1, 0.15) is 12.4 Å². The Morgan fingerprint density at radius 3 is 2.90 bits per heavy atom. The van der Waals surface area contributed by atoms with Crippen LogP contribution in [0.15, 0.2) is 18.6 Å². The Bertz CT molecular complexity index is 465. The monoisotopic (exact) mass is 275 g/mol. The van der Waals surface area contributed by atoms with Gasteiger partial charge in [-0.25, -0.2) is 9.97 Å². The van der Waals surface area contributed by atoms with Gasteiger partial charge in [0.25, 0.3) is 0 Å². The number of aliphatic carboxylic acids is 1. The molecule has 2 heterocycles. The summed E-state index contributed by atoms with van der Waals surface area (Å²) in [6.07, 6.45) is 9.96. The summed E-state index contributed by atoms with van der Waals surface area (Å²) in [6, 6.07) is 1.93. The van der Waals surface area contributed by atoms with E-state index in [4.69, 9.17) is 0 Å². The fourth-order valence-corrected chi connectivity index (χ4v) is 3.82. The number of piperidine rings is 1. The third kappa shape index (κ3) is 2.68. The Balaban J connectivity index is 1.82. The van der Waals surface area contributed by atoms with Crippen LogP contribution in [0.2, 0.25) is 0 Å². The number of aromatic nitrogens is 2. The summed E-state index contributed by atoms with van der Waals surface area (Å²) in [7, 11) is 0. The minimum Gasteiger partial charge on any atom is -0.480 e. The highest BCUT2D eigenvalue weighted by atomic mass is 16.4. The second-order valence-corrected chi connectivity index (χ2v) is 5.92. The van der Waals surface area contributed by atoms with Gasteiger partial charge >= 0.3 is 5.97 Å². The molecule has 1 aromatic heterocycles. The van der Waals surface area contributed by atoms with Crippen molar-refractivity contribution in [3.8, 4) is 0 Å². The maximum absolute atomic E-state index is 11.6. The highest BCUT2D eigenvalue weighted by Gasteiger charge is 2.41. The largest absolute Gasteiger partial charge is 0.480 e. The fourth-order valence-electron chi connectivity index (χ4n) is 3.82. The van der Waals surface area contributed by atoms with Crippen LogP contribution in [0.25, 0.3) is 0 Å². The first-order valence-electron chi connectivity index (χ1n) is 7.49. The third-order valence-corrected chi connectivity index (χ3v) is 4.78. The van der Waals surface area contributed by atoms with Gasteiger partial charge < -0.3 is 5.11 Å². The Hall–Kier alpha value is -1.49. The maximum Gasteiger partial charge on any atom is 0.320 e. The first-order valence-corrected chi connectivity index (χ1v) is 7.49. The van der Waals surface area contributed by atoms with Gasteiger partial charge in [0.05, 0.1) is 5.69 Å². The average molecular weight is 275 g/mol. The van der Waals surface area contributed by atoms with Crippen molar-refractivity contribution in [2.75, 3.05) is 0 Å². The van der Waals surface area contributed by atoms with Crippen LogP contribution in [-0.4, -0.2) is 38.0 Å². The summed E-state index contributed by atoms with van der Waals surface area (Å²) in [5.41, 5.74) is 0.914. The molecular weight excluding hydrogens is 254 g/mol. The molecule has 0 spiro atoms. The molecule has 20 heavy (non-hydrogen) atoms. The summed E-state index contributed by atoms with van der Waals surface area (Å²) >= 11 is 0. The van der Waals surface area contributed by atoms with Gasteiger partial charge in [-0.2, -0.15) is 0 Å². The van der Waals surface area contributed by atoms with Crippen LogP contribution in [0, 0.1) is 5.92 Å². The number of fused-ring (bicyclic) bond motifs is 1. The molecule has 0 radical (unpaired) electrons. The predicted molar refractivity (Wildman–Crippen MR) is 74.0 cm³/mol. The number of rotatable bonds is 3. The lowest BCUT2D eigenvalue weighted by Gasteiger charge is -2.47. The Morgan fingerprint density at radius 1 is 1.30 bits per heavy atom. The van der Waals surface area contributed by atoms with Crippen LogP contribution in [-0.2, 0) is 11.3 Å². The first kappa shape index (κ1) is 13.5. The predicted octanol–water partition coefficient (Wildman–Crippen LogP) is 2.08. The van der Waals surface area contributed by atoms with E-state index in [1.54, 1.807) is 6.20 Å². The number of hydrogen-bond acceptors (Lipinski definition) is 4. The SMILES string of the molecule is O=C(O)C1CCC2CCCCC2N1Cc1ccncn1. The van der Waals surface area contributed by atoms with E-state index in [0.717, 1.165) is 25.0 Å². The summed E-state index contributed by atoms with van der Waals surface area (Å²) in [5.74, 6) is -0.0238. The van der Waals surface area contributed by atoms with E-state index in [1.807, 2.05) is 6.07 Å². The molecule has 1 saturated heterocycles. The van der Waals surface area contributed by atoms with Gasteiger partial charge in [-0.1, -0.05) is 12.8 Å². The molecule has 3 unspecified atom stereocenters. The van der Waals surface area contributed by atoms with Crippen LogP contribution in [0.4, 0.5) is 0 Å². The quantitative estimate of drug-likeness (QED) is 0.915.